The molecule has 3 saturated heterocycles. The predicted molar refractivity (Wildman–Crippen MR) is 337 cm³/mol. The van der Waals surface area contributed by atoms with Crippen molar-refractivity contribution >= 4 is 59.3 Å². The van der Waals surface area contributed by atoms with Gasteiger partial charge in [0.05, 0.1) is 31.0 Å². The van der Waals surface area contributed by atoms with Crippen molar-refractivity contribution < 1.29 is 52.9 Å². The fraction of sp³-hybridized carbons (Fsp3) is 0.557. The van der Waals surface area contributed by atoms with E-state index in [0.717, 1.165) is 186 Å². The third-order valence-corrected chi connectivity index (χ3v) is 21.3. The fourth-order valence-electron chi connectivity index (χ4n) is 16.5. The maximum Gasteiger partial charge on any atom is 0.410 e. The minimum Gasteiger partial charge on any atom is -0.446 e. The Morgan fingerprint density at radius 2 is 0.934 bits per heavy atom. The molecule has 21 heteroatoms. The molecule has 5 aromatic rings. The standard InChI is InChI=1S/C28H36N4O4.C24H28N4O3.C18H20N2O4/c33-16-8-7-15-31-24-14-6-4-12-22(24)29-25(31)17-32-23-13-5-3-11-21(23)28(26(32)34)18-30(19-28)27(35)36-20-9-1-2-10-20;29-22-24(14-27(15-24)23(30)31-16-7-1-2-8-16)17-9-3-6-12-20(17)28(22)13-21-25-18-10-4-5-11-19(18)26-21;21-10-9-20-15-8-4-3-7-14(15)18(16(20)22)11-19(12-18)17(23)24-13-5-1-2-6-13/h3,5,11,13,20,33H,1-2,4,6-10,12,14-19H2;3,6,9,12,16H,1-2,4-5,7-8,10-11,13-15H2,(H,25,26);3-4,7-8,10,13H,1-2,5-6,9,11-12H2. The molecule has 0 bridgehead atoms. The zero-order chi connectivity index (χ0) is 62.4. The number of anilines is 3. The number of hydrogen-bond donors (Lipinski definition) is 2. The van der Waals surface area contributed by atoms with Crippen LogP contribution in [0, 0.1) is 0 Å². The molecule has 6 fully saturated rings. The van der Waals surface area contributed by atoms with E-state index in [0.29, 0.717) is 52.4 Å². The molecule has 0 unspecified atom stereocenters. The average molecular weight is 1240 g/mol. The summed E-state index contributed by atoms with van der Waals surface area (Å²) in [7, 11) is 0. The summed E-state index contributed by atoms with van der Waals surface area (Å²) in [6.45, 7) is 4.07. The van der Waals surface area contributed by atoms with Crippen LogP contribution in [0.25, 0.3) is 0 Å². The molecule has 0 atom stereocenters. The highest BCUT2D eigenvalue weighted by Gasteiger charge is 2.62. The first-order valence-corrected chi connectivity index (χ1v) is 33.7. The number of H-pyrrole nitrogens is 1. The molecule has 16 rings (SSSR count). The van der Waals surface area contributed by atoms with Gasteiger partial charge in [-0.1, -0.05) is 54.6 Å². The van der Waals surface area contributed by atoms with Gasteiger partial charge in [-0.3, -0.25) is 14.4 Å². The van der Waals surface area contributed by atoms with Crippen LogP contribution in [0.4, 0.5) is 31.4 Å². The number of imidazole rings is 2. The first-order valence-electron chi connectivity index (χ1n) is 33.7. The minimum atomic E-state index is -0.714. The molecule has 2 aromatic heterocycles. The topological polar surface area (TPSA) is 233 Å². The highest BCUT2D eigenvalue weighted by atomic mass is 16.6. The van der Waals surface area contributed by atoms with Gasteiger partial charge in [-0.05, 0) is 176 Å². The molecule has 3 saturated carbocycles. The second-order valence-electron chi connectivity index (χ2n) is 27.1. The van der Waals surface area contributed by atoms with Gasteiger partial charge in [-0.25, -0.2) is 24.4 Å². The molecule has 11 aliphatic rings. The number of aromatic nitrogens is 4. The van der Waals surface area contributed by atoms with Crippen molar-refractivity contribution in [1.82, 2.24) is 34.2 Å². The number of carbonyl (C=O) groups is 7. The van der Waals surface area contributed by atoms with E-state index in [1.54, 1.807) is 14.7 Å². The van der Waals surface area contributed by atoms with Crippen molar-refractivity contribution in [1.29, 1.82) is 0 Å². The quantitative estimate of drug-likeness (QED) is 0.0637. The van der Waals surface area contributed by atoms with Gasteiger partial charge in [-0.15, -0.1) is 0 Å². The summed E-state index contributed by atoms with van der Waals surface area (Å²) in [5.41, 5.74) is 8.34. The van der Waals surface area contributed by atoms with Crippen molar-refractivity contribution in [3.05, 3.63) is 124 Å². The number of aliphatic hydroxyl groups is 1. The summed E-state index contributed by atoms with van der Waals surface area (Å²) < 4.78 is 19.2. The van der Waals surface area contributed by atoms with Gasteiger partial charge < -0.3 is 63.1 Å². The lowest BCUT2D eigenvalue weighted by atomic mass is 9.75. The molecular formula is C70H84N10O11. The van der Waals surface area contributed by atoms with Crippen molar-refractivity contribution in [2.45, 2.75) is 195 Å². The number of ether oxygens (including phenoxy) is 3. The van der Waals surface area contributed by atoms with E-state index in [1.165, 1.54) is 41.2 Å². The van der Waals surface area contributed by atoms with Gasteiger partial charge in [0.2, 0.25) is 17.7 Å². The van der Waals surface area contributed by atoms with E-state index in [4.69, 9.17) is 24.2 Å². The number of hydrogen-bond acceptors (Lipinski definition) is 13. The number of aliphatic hydroxyl groups excluding tert-OH is 1. The number of para-hydroxylation sites is 3. The molecule has 3 spiro atoms. The Morgan fingerprint density at radius 1 is 0.516 bits per heavy atom. The van der Waals surface area contributed by atoms with Gasteiger partial charge in [0.15, 0.2) is 0 Å². The number of rotatable bonds is 13. The number of benzene rings is 3. The van der Waals surface area contributed by atoms with Crippen molar-refractivity contribution in [2.75, 3.05) is 67.1 Å². The van der Waals surface area contributed by atoms with E-state index in [2.05, 4.69) is 9.55 Å². The number of nitrogens with zero attached hydrogens (tertiary/aromatic N) is 9. The monoisotopic (exact) mass is 1240 g/mol. The molecule has 3 aromatic carbocycles. The van der Waals surface area contributed by atoms with E-state index in [9.17, 15) is 38.7 Å². The predicted octanol–water partition coefficient (Wildman–Crippen LogP) is 9.05. The Kier molecular flexibility index (Phi) is 16.8. The molecule has 0 radical (unpaired) electrons. The van der Waals surface area contributed by atoms with Gasteiger partial charge >= 0.3 is 18.3 Å². The van der Waals surface area contributed by atoms with Crippen LogP contribution in [0.1, 0.15) is 167 Å². The van der Waals surface area contributed by atoms with Gasteiger partial charge in [0.1, 0.15) is 52.5 Å². The fourth-order valence-corrected chi connectivity index (χ4v) is 16.5. The maximum atomic E-state index is 14.0. The van der Waals surface area contributed by atoms with Crippen LogP contribution in [0.15, 0.2) is 72.8 Å². The number of aromatic amines is 1. The summed E-state index contributed by atoms with van der Waals surface area (Å²) in [4.78, 5) is 112. The van der Waals surface area contributed by atoms with Crippen LogP contribution in [0.2, 0.25) is 0 Å². The number of unbranched alkanes of at least 4 members (excludes halogenated alkanes) is 1. The van der Waals surface area contributed by atoms with E-state index < -0.39 is 16.2 Å². The molecule has 6 amide bonds. The molecule has 5 aliphatic carbocycles. The van der Waals surface area contributed by atoms with Crippen LogP contribution in [-0.4, -0.2) is 152 Å². The Bertz CT molecular complexity index is 3570. The summed E-state index contributed by atoms with van der Waals surface area (Å²) in [6, 6.07) is 23.5. The molecule has 21 nitrogen and oxygen atoms in total. The lowest BCUT2D eigenvalue weighted by molar-refractivity contribution is -0.129. The SMILES string of the molecule is O=C(OC1CCCC1)N1CC2(C1)C(=O)N(Cc1nc3c([nH]1)CCCC3)c1ccccc12.O=C(OC1CCCC1)N1CC2(C1)C(=O)N(Cc1nc3c(n1CCCCO)CCCC3)c1ccccc12.O=CCN1C(=O)C2(CN(C(=O)OC3CCCC3)C2)c2ccccc21. The first kappa shape index (κ1) is 60.5. The number of carbonyl (C=O) groups excluding carboxylic acids is 7. The lowest BCUT2D eigenvalue weighted by Gasteiger charge is -2.46. The second-order valence-corrected chi connectivity index (χ2v) is 27.1. The largest absolute Gasteiger partial charge is 0.446 e. The first-order chi connectivity index (χ1) is 44.4. The van der Waals surface area contributed by atoms with Crippen LogP contribution >= 0.6 is 0 Å². The Hall–Kier alpha value is -8.07. The molecule has 2 N–H and O–H groups in total. The number of amides is 6. The van der Waals surface area contributed by atoms with Crippen LogP contribution in [-0.2, 0) is 95.0 Å². The highest BCUT2D eigenvalue weighted by molar-refractivity contribution is 6.12. The summed E-state index contributed by atoms with van der Waals surface area (Å²) in [6.07, 6.45) is 22.6. The molecule has 480 valence electrons. The number of aldehydes is 1. The van der Waals surface area contributed by atoms with Gasteiger partial charge in [0.25, 0.3) is 0 Å². The van der Waals surface area contributed by atoms with Crippen LogP contribution in [0.3, 0.4) is 0 Å². The smallest absolute Gasteiger partial charge is 0.410 e. The number of nitrogens with one attached hydrogen (secondary N) is 1. The van der Waals surface area contributed by atoms with Crippen LogP contribution < -0.4 is 14.7 Å². The second kappa shape index (κ2) is 25.2. The van der Waals surface area contributed by atoms with Crippen molar-refractivity contribution in [2.24, 2.45) is 0 Å². The maximum absolute atomic E-state index is 14.0. The highest BCUT2D eigenvalue weighted by Crippen LogP contribution is 2.51. The molecule has 91 heavy (non-hydrogen) atoms. The van der Waals surface area contributed by atoms with Gasteiger partial charge in [0, 0.05) is 80.9 Å². The minimum absolute atomic E-state index is 0.0205. The number of aryl methyl sites for hydroxylation is 3. The zero-order valence-electron chi connectivity index (χ0n) is 52.1. The third kappa shape index (κ3) is 11.0. The molecule has 8 heterocycles. The number of fused-ring (bicyclic) bond motifs is 8. The van der Waals surface area contributed by atoms with Crippen LogP contribution in [0.5, 0.6) is 0 Å². The summed E-state index contributed by atoms with van der Waals surface area (Å²) in [5.74, 6) is 1.80. The Morgan fingerprint density at radius 3 is 1.40 bits per heavy atom. The van der Waals surface area contributed by atoms with Crippen molar-refractivity contribution in [3.8, 4) is 0 Å². The summed E-state index contributed by atoms with van der Waals surface area (Å²) in [5, 5.41) is 9.29. The lowest BCUT2D eigenvalue weighted by Crippen LogP contribution is -2.65. The van der Waals surface area contributed by atoms with E-state index in [1.807, 2.05) is 82.6 Å². The Labute approximate surface area is 530 Å². The average Bonchev–Trinajstić information content (AvgIpc) is 1.59. The van der Waals surface area contributed by atoms with Crippen molar-refractivity contribution in [3.63, 3.8) is 0 Å². The van der Waals surface area contributed by atoms with Gasteiger partial charge in [-0.2, -0.15) is 0 Å². The third-order valence-electron chi connectivity index (χ3n) is 21.3. The normalized spacial score (nSPS) is 21.3. The number of likely N-dealkylation sites (tertiary alicyclic amines) is 3. The molecule has 6 aliphatic heterocycles. The van der Waals surface area contributed by atoms with E-state index >= 15 is 0 Å². The zero-order valence-corrected chi connectivity index (χ0v) is 52.1. The summed E-state index contributed by atoms with van der Waals surface area (Å²) >= 11 is 0. The Balaban J connectivity index is 0.000000121. The molecular weight excluding hydrogens is 1160 g/mol. The van der Waals surface area contributed by atoms with E-state index in [-0.39, 0.29) is 67.5 Å².